The minimum atomic E-state index is -0.639. The first-order valence-corrected chi connectivity index (χ1v) is 7.79. The first-order valence-electron chi connectivity index (χ1n) is 7.79. The van der Waals surface area contributed by atoms with Crippen LogP contribution in [0.3, 0.4) is 0 Å². The number of carbonyl (C=O) groups is 2. The standard InChI is InChI=1S/C19H18N2O3/c1-13(22)16-17(15-9-5-6-11-20-15)21(19(24)18(16)23)12-10-14-7-3-2-4-8-14/h2-9,11,17,23H,10,12H2,1H3. The molecule has 5 heteroatoms. The van der Waals surface area contributed by atoms with Gasteiger partial charge in [0.1, 0.15) is 6.04 Å². The zero-order chi connectivity index (χ0) is 17.1. The van der Waals surface area contributed by atoms with E-state index in [0.29, 0.717) is 18.7 Å². The molecule has 0 bridgehead atoms. The highest BCUT2D eigenvalue weighted by molar-refractivity contribution is 6.08. The van der Waals surface area contributed by atoms with Crippen LogP contribution < -0.4 is 0 Å². The number of nitrogens with zero attached hydrogens (tertiary/aromatic N) is 2. The van der Waals surface area contributed by atoms with E-state index in [9.17, 15) is 14.7 Å². The maximum absolute atomic E-state index is 12.5. The van der Waals surface area contributed by atoms with Gasteiger partial charge in [-0.2, -0.15) is 0 Å². The summed E-state index contributed by atoms with van der Waals surface area (Å²) in [6.07, 6.45) is 2.25. The lowest BCUT2D eigenvalue weighted by Gasteiger charge is -2.25. The maximum Gasteiger partial charge on any atom is 0.290 e. The topological polar surface area (TPSA) is 70.5 Å². The molecule has 3 rings (SSSR count). The van der Waals surface area contributed by atoms with Crippen LogP contribution in [0.4, 0.5) is 0 Å². The van der Waals surface area contributed by atoms with Crippen molar-refractivity contribution in [3.05, 3.63) is 77.3 Å². The molecule has 2 heterocycles. The zero-order valence-corrected chi connectivity index (χ0v) is 13.3. The Bertz CT molecular complexity index is 785. The van der Waals surface area contributed by atoms with Crippen molar-refractivity contribution in [3.63, 3.8) is 0 Å². The molecular formula is C19H18N2O3. The van der Waals surface area contributed by atoms with E-state index in [4.69, 9.17) is 0 Å². The fraction of sp³-hybridized carbons (Fsp3) is 0.211. The molecule has 0 saturated heterocycles. The molecule has 0 fully saturated rings. The second-order valence-electron chi connectivity index (χ2n) is 5.71. The Morgan fingerprint density at radius 2 is 1.88 bits per heavy atom. The Hall–Kier alpha value is -2.95. The molecule has 0 spiro atoms. The van der Waals surface area contributed by atoms with Crippen molar-refractivity contribution in [2.45, 2.75) is 19.4 Å². The first-order chi connectivity index (χ1) is 11.6. The molecule has 0 saturated carbocycles. The van der Waals surface area contributed by atoms with E-state index in [-0.39, 0.29) is 11.4 Å². The maximum atomic E-state index is 12.5. The van der Waals surface area contributed by atoms with Crippen LogP contribution in [-0.4, -0.2) is 33.2 Å². The van der Waals surface area contributed by atoms with E-state index < -0.39 is 17.7 Å². The largest absolute Gasteiger partial charge is 0.503 e. The number of hydrogen-bond acceptors (Lipinski definition) is 4. The minimum absolute atomic E-state index is 0.117. The molecule has 122 valence electrons. The molecule has 5 nitrogen and oxygen atoms in total. The van der Waals surface area contributed by atoms with Gasteiger partial charge in [0, 0.05) is 12.7 Å². The Kier molecular flexibility index (Phi) is 4.42. The SMILES string of the molecule is CC(=O)C1=C(O)C(=O)N(CCc2ccccc2)C1c1ccccn1. The van der Waals surface area contributed by atoms with Crippen LogP contribution in [0.25, 0.3) is 0 Å². The number of aromatic nitrogens is 1. The Labute approximate surface area is 140 Å². The molecular weight excluding hydrogens is 304 g/mol. The lowest BCUT2D eigenvalue weighted by molar-refractivity contribution is -0.129. The zero-order valence-electron chi connectivity index (χ0n) is 13.3. The van der Waals surface area contributed by atoms with E-state index in [2.05, 4.69) is 4.98 Å². The molecule has 0 radical (unpaired) electrons. The summed E-state index contributed by atoms with van der Waals surface area (Å²) in [5, 5.41) is 10.2. The Morgan fingerprint density at radius 1 is 1.17 bits per heavy atom. The molecule has 1 aliphatic heterocycles. The summed E-state index contributed by atoms with van der Waals surface area (Å²) in [4.78, 5) is 30.2. The van der Waals surface area contributed by atoms with Crippen molar-refractivity contribution in [3.8, 4) is 0 Å². The number of aliphatic hydroxyl groups is 1. The summed E-state index contributed by atoms with van der Waals surface area (Å²) in [5.74, 6) is -1.31. The van der Waals surface area contributed by atoms with Crippen LogP contribution >= 0.6 is 0 Å². The number of pyridine rings is 1. The highest BCUT2D eigenvalue weighted by Crippen LogP contribution is 2.36. The van der Waals surface area contributed by atoms with Gasteiger partial charge in [-0.3, -0.25) is 14.6 Å². The van der Waals surface area contributed by atoms with Gasteiger partial charge < -0.3 is 10.0 Å². The number of Topliss-reactive ketones (excluding diaryl/α,β-unsaturated/α-hetero) is 1. The van der Waals surface area contributed by atoms with E-state index in [1.54, 1.807) is 24.4 Å². The third-order valence-corrected chi connectivity index (χ3v) is 4.14. The molecule has 1 amide bonds. The van der Waals surface area contributed by atoms with Gasteiger partial charge in [-0.15, -0.1) is 0 Å². The summed E-state index contributed by atoms with van der Waals surface area (Å²) < 4.78 is 0. The van der Waals surface area contributed by atoms with Gasteiger partial charge in [-0.1, -0.05) is 36.4 Å². The number of amides is 1. The van der Waals surface area contributed by atoms with Crippen LogP contribution in [0.5, 0.6) is 0 Å². The van der Waals surface area contributed by atoms with Crippen LogP contribution in [-0.2, 0) is 16.0 Å². The number of ketones is 1. The fourth-order valence-corrected chi connectivity index (χ4v) is 2.98. The van der Waals surface area contributed by atoms with Gasteiger partial charge in [0.2, 0.25) is 0 Å². The second kappa shape index (κ2) is 6.66. The van der Waals surface area contributed by atoms with Crippen molar-refractivity contribution < 1.29 is 14.7 Å². The van der Waals surface area contributed by atoms with Crippen LogP contribution in [0.15, 0.2) is 66.1 Å². The van der Waals surface area contributed by atoms with Gasteiger partial charge in [-0.25, -0.2) is 0 Å². The minimum Gasteiger partial charge on any atom is -0.503 e. The van der Waals surface area contributed by atoms with E-state index in [1.165, 1.54) is 11.8 Å². The van der Waals surface area contributed by atoms with Gasteiger partial charge in [0.25, 0.3) is 5.91 Å². The van der Waals surface area contributed by atoms with Crippen molar-refractivity contribution in [1.82, 2.24) is 9.88 Å². The summed E-state index contributed by atoms with van der Waals surface area (Å²) >= 11 is 0. The molecule has 0 aliphatic carbocycles. The van der Waals surface area contributed by atoms with Crippen molar-refractivity contribution in [2.75, 3.05) is 6.54 Å². The molecule has 1 aromatic heterocycles. The smallest absolute Gasteiger partial charge is 0.290 e. The second-order valence-corrected chi connectivity index (χ2v) is 5.71. The molecule has 1 N–H and O–H groups in total. The normalized spacial score (nSPS) is 17.5. The van der Waals surface area contributed by atoms with E-state index in [1.807, 2.05) is 30.3 Å². The fourth-order valence-electron chi connectivity index (χ4n) is 2.98. The van der Waals surface area contributed by atoms with Crippen molar-refractivity contribution >= 4 is 11.7 Å². The number of hydrogen-bond donors (Lipinski definition) is 1. The summed E-state index contributed by atoms with van der Waals surface area (Å²) in [5.41, 5.74) is 1.78. The van der Waals surface area contributed by atoms with E-state index >= 15 is 0 Å². The van der Waals surface area contributed by atoms with Gasteiger partial charge in [-0.05, 0) is 31.0 Å². The monoisotopic (exact) mass is 322 g/mol. The first kappa shape index (κ1) is 15.9. The number of aliphatic hydroxyl groups excluding tert-OH is 1. The molecule has 24 heavy (non-hydrogen) atoms. The lowest BCUT2D eigenvalue weighted by atomic mass is 10.0. The van der Waals surface area contributed by atoms with Gasteiger partial charge in [0.15, 0.2) is 11.5 Å². The molecule has 1 atom stereocenters. The van der Waals surface area contributed by atoms with Gasteiger partial charge in [0.05, 0.1) is 11.3 Å². The average molecular weight is 322 g/mol. The predicted molar refractivity (Wildman–Crippen MR) is 89.2 cm³/mol. The Balaban J connectivity index is 1.92. The number of rotatable bonds is 5. The average Bonchev–Trinajstić information content (AvgIpc) is 2.86. The molecule has 2 aromatic rings. The highest BCUT2D eigenvalue weighted by Gasteiger charge is 2.42. The summed E-state index contributed by atoms with van der Waals surface area (Å²) in [7, 11) is 0. The summed E-state index contributed by atoms with van der Waals surface area (Å²) in [6.45, 7) is 1.75. The predicted octanol–water partition coefficient (Wildman–Crippen LogP) is 2.61. The lowest BCUT2D eigenvalue weighted by Crippen LogP contribution is -2.33. The molecule has 1 unspecified atom stereocenters. The van der Waals surface area contributed by atoms with E-state index in [0.717, 1.165) is 5.56 Å². The number of carbonyl (C=O) groups excluding carboxylic acids is 2. The van der Waals surface area contributed by atoms with Crippen LogP contribution in [0.2, 0.25) is 0 Å². The third kappa shape index (κ3) is 2.93. The molecule has 1 aliphatic rings. The third-order valence-electron chi connectivity index (χ3n) is 4.14. The summed E-state index contributed by atoms with van der Waals surface area (Å²) in [6, 6.07) is 14.5. The quantitative estimate of drug-likeness (QED) is 0.918. The molecule has 1 aromatic carbocycles. The van der Waals surface area contributed by atoms with Crippen molar-refractivity contribution in [1.29, 1.82) is 0 Å². The number of benzene rings is 1. The van der Waals surface area contributed by atoms with Gasteiger partial charge >= 0.3 is 0 Å². The van der Waals surface area contributed by atoms with Crippen LogP contribution in [0.1, 0.15) is 24.2 Å². The van der Waals surface area contributed by atoms with Crippen LogP contribution in [0, 0.1) is 0 Å². The Morgan fingerprint density at radius 3 is 2.50 bits per heavy atom. The van der Waals surface area contributed by atoms with Crippen molar-refractivity contribution in [2.24, 2.45) is 0 Å². The highest BCUT2D eigenvalue weighted by atomic mass is 16.3.